The largest absolute Gasteiger partial charge is 0.462 e. The highest BCUT2D eigenvalue weighted by atomic mass is 16.6. The lowest BCUT2D eigenvalue weighted by Crippen LogP contribution is -2.30. The molecule has 0 N–H and O–H groups in total. The molecule has 0 aromatic rings. The van der Waals surface area contributed by atoms with E-state index in [-0.39, 0.29) is 37.5 Å². The number of esters is 3. The Morgan fingerprint density at radius 1 is 0.318 bits per heavy atom. The SMILES string of the molecule is CC\C=C/C=C\C=C/C=C\C=C/CCCCCC(=O)OCC(COC(=O)CCCCCCC/C=C\CCCCCCCCCCC)OC(=O)CCCCC\C=C/C=C\C=C/C=C\C=C/CC. The number of hydrogen-bond donors (Lipinski definition) is 0. The maximum Gasteiger partial charge on any atom is 0.306 e. The third-order valence-corrected chi connectivity index (χ3v) is 10.6. The molecule has 0 aromatic carbocycles. The summed E-state index contributed by atoms with van der Waals surface area (Å²) in [4.78, 5) is 38.0. The Balaban J connectivity index is 4.55. The molecule has 1 unspecified atom stereocenters. The van der Waals surface area contributed by atoms with Gasteiger partial charge in [0.15, 0.2) is 6.10 Å². The van der Waals surface area contributed by atoms with Crippen molar-refractivity contribution in [2.75, 3.05) is 13.2 Å². The van der Waals surface area contributed by atoms with E-state index in [0.717, 1.165) is 89.9 Å². The number of carbonyl (C=O) groups is 3. The molecule has 0 aliphatic carbocycles. The van der Waals surface area contributed by atoms with Gasteiger partial charge in [0.1, 0.15) is 13.2 Å². The van der Waals surface area contributed by atoms with Crippen LogP contribution in [0.1, 0.15) is 207 Å². The number of carbonyl (C=O) groups excluding carboxylic acids is 3. The topological polar surface area (TPSA) is 78.9 Å². The van der Waals surface area contributed by atoms with Crippen LogP contribution in [-0.4, -0.2) is 37.2 Å². The molecule has 370 valence electrons. The van der Waals surface area contributed by atoms with Crippen molar-refractivity contribution in [2.45, 2.75) is 213 Å². The minimum atomic E-state index is -0.826. The highest BCUT2D eigenvalue weighted by Crippen LogP contribution is 2.13. The maximum atomic E-state index is 12.8. The zero-order valence-electron chi connectivity index (χ0n) is 42.1. The number of ether oxygens (including phenoxy) is 3. The van der Waals surface area contributed by atoms with Crippen molar-refractivity contribution < 1.29 is 28.6 Å². The monoisotopic (exact) mass is 911 g/mol. The fraction of sp³-hybridized carbons (Fsp3) is 0.583. The molecule has 0 spiro atoms. The summed E-state index contributed by atoms with van der Waals surface area (Å²) in [5.41, 5.74) is 0. The Bertz CT molecular complexity index is 1460. The lowest BCUT2D eigenvalue weighted by atomic mass is 10.1. The first-order chi connectivity index (χ1) is 32.5. The summed E-state index contributed by atoms with van der Waals surface area (Å²) < 4.78 is 16.7. The third-order valence-electron chi connectivity index (χ3n) is 10.6. The van der Waals surface area contributed by atoms with Crippen LogP contribution in [-0.2, 0) is 28.6 Å². The molecular weight excluding hydrogens is 817 g/mol. The van der Waals surface area contributed by atoms with Crippen LogP contribution in [0.5, 0.6) is 0 Å². The first kappa shape index (κ1) is 61.5. The van der Waals surface area contributed by atoms with Crippen LogP contribution in [0.15, 0.2) is 134 Å². The van der Waals surface area contributed by atoms with Crippen LogP contribution in [0.4, 0.5) is 0 Å². The van der Waals surface area contributed by atoms with E-state index < -0.39 is 6.10 Å². The molecule has 0 saturated heterocycles. The third kappa shape index (κ3) is 50.5. The van der Waals surface area contributed by atoms with Gasteiger partial charge in [-0.2, -0.15) is 0 Å². The van der Waals surface area contributed by atoms with Gasteiger partial charge in [-0.1, -0.05) is 238 Å². The number of hydrogen-bond acceptors (Lipinski definition) is 6. The van der Waals surface area contributed by atoms with E-state index in [0.29, 0.717) is 19.3 Å². The second kappa shape index (κ2) is 53.2. The Kier molecular flexibility index (Phi) is 49.6. The molecule has 0 heterocycles. The summed E-state index contributed by atoms with van der Waals surface area (Å²) in [5.74, 6) is -1.02. The van der Waals surface area contributed by atoms with Gasteiger partial charge >= 0.3 is 17.9 Å². The highest BCUT2D eigenvalue weighted by molar-refractivity contribution is 5.71. The molecule has 0 aliphatic rings. The van der Waals surface area contributed by atoms with E-state index in [9.17, 15) is 14.4 Å². The minimum absolute atomic E-state index is 0.119. The standard InChI is InChI=1S/C60H94O6/c1-4-7-10-13-16-19-22-25-28-29-30-33-35-38-41-44-47-50-53-59(62)65-56-57(66-60(63)54-51-48-45-42-39-36-32-27-24-21-18-15-12-9-6-3)55-64-58(61)52-49-46-43-40-37-34-31-26-23-20-17-14-11-8-5-2/h8-9,11-12,14-15,17-18,20-21,23-24,26-27,30-34,36-37,39,57H,4-7,10,13,16,19,22,25,28-29,35,38,40-56H2,1-3H3/b11-8-,12-9-,17-14-,18-15-,23-20-,24-21-,31-26-,32-27-,33-30-,37-34-,39-36-. The van der Waals surface area contributed by atoms with Crippen molar-refractivity contribution >= 4 is 17.9 Å². The first-order valence-electron chi connectivity index (χ1n) is 26.3. The van der Waals surface area contributed by atoms with Crippen molar-refractivity contribution in [1.82, 2.24) is 0 Å². The highest BCUT2D eigenvalue weighted by Gasteiger charge is 2.19. The second-order valence-electron chi connectivity index (χ2n) is 16.9. The Hall–Kier alpha value is -4.45. The van der Waals surface area contributed by atoms with Crippen molar-refractivity contribution in [1.29, 1.82) is 0 Å². The maximum absolute atomic E-state index is 12.8. The van der Waals surface area contributed by atoms with Crippen LogP contribution in [0.25, 0.3) is 0 Å². The van der Waals surface area contributed by atoms with E-state index in [1.807, 2.05) is 97.2 Å². The number of allylic oxidation sites excluding steroid dienone is 22. The van der Waals surface area contributed by atoms with E-state index in [1.54, 1.807) is 0 Å². The molecule has 1 atom stereocenters. The normalized spacial score (nSPS) is 13.2. The van der Waals surface area contributed by atoms with Gasteiger partial charge in [0.25, 0.3) is 0 Å². The van der Waals surface area contributed by atoms with Crippen molar-refractivity contribution in [3.63, 3.8) is 0 Å². The van der Waals surface area contributed by atoms with E-state index in [1.165, 1.54) is 70.6 Å². The van der Waals surface area contributed by atoms with Gasteiger partial charge in [0, 0.05) is 19.3 Å². The summed E-state index contributed by atoms with van der Waals surface area (Å²) in [5, 5.41) is 0. The minimum Gasteiger partial charge on any atom is -0.462 e. The van der Waals surface area contributed by atoms with Crippen LogP contribution < -0.4 is 0 Å². The molecule has 0 aromatic heterocycles. The van der Waals surface area contributed by atoms with Gasteiger partial charge in [-0.05, 0) is 83.5 Å². The van der Waals surface area contributed by atoms with Gasteiger partial charge in [-0.25, -0.2) is 0 Å². The first-order valence-corrected chi connectivity index (χ1v) is 26.3. The quantitative estimate of drug-likeness (QED) is 0.0199. The lowest BCUT2D eigenvalue weighted by molar-refractivity contribution is -0.167. The molecule has 0 bridgehead atoms. The zero-order valence-corrected chi connectivity index (χ0v) is 42.1. The summed E-state index contributed by atoms with van der Waals surface area (Å²) in [6.45, 7) is 6.26. The van der Waals surface area contributed by atoms with Crippen LogP contribution >= 0.6 is 0 Å². The smallest absolute Gasteiger partial charge is 0.306 e. The van der Waals surface area contributed by atoms with Gasteiger partial charge in [-0.15, -0.1) is 0 Å². The molecule has 6 heteroatoms. The summed E-state index contributed by atoms with van der Waals surface area (Å²) in [7, 11) is 0. The fourth-order valence-electron chi connectivity index (χ4n) is 6.71. The van der Waals surface area contributed by atoms with E-state index in [2.05, 4.69) is 57.2 Å². The lowest BCUT2D eigenvalue weighted by Gasteiger charge is -2.18. The molecule has 0 radical (unpaired) electrons. The predicted octanol–water partition coefficient (Wildman–Crippen LogP) is 17.5. The zero-order chi connectivity index (χ0) is 47.9. The molecule has 0 rings (SSSR count). The Morgan fingerprint density at radius 2 is 0.606 bits per heavy atom. The molecule has 0 amide bonds. The number of rotatable bonds is 45. The summed E-state index contributed by atoms with van der Waals surface area (Å²) in [6, 6.07) is 0. The average Bonchev–Trinajstić information content (AvgIpc) is 3.31. The van der Waals surface area contributed by atoms with Crippen LogP contribution in [0.3, 0.4) is 0 Å². The predicted molar refractivity (Wildman–Crippen MR) is 283 cm³/mol. The van der Waals surface area contributed by atoms with Gasteiger partial charge < -0.3 is 14.2 Å². The molecular formula is C60H94O6. The molecule has 66 heavy (non-hydrogen) atoms. The number of unbranched alkanes of at least 4 members (excludes halogenated alkanes) is 20. The van der Waals surface area contributed by atoms with Crippen LogP contribution in [0, 0.1) is 0 Å². The second-order valence-corrected chi connectivity index (χ2v) is 16.9. The summed E-state index contributed by atoms with van der Waals surface area (Å²) >= 11 is 0. The van der Waals surface area contributed by atoms with E-state index in [4.69, 9.17) is 14.2 Å². The van der Waals surface area contributed by atoms with Crippen molar-refractivity contribution in [3.8, 4) is 0 Å². The van der Waals surface area contributed by atoms with Crippen molar-refractivity contribution in [3.05, 3.63) is 134 Å². The van der Waals surface area contributed by atoms with Gasteiger partial charge in [0.05, 0.1) is 0 Å². The average molecular weight is 911 g/mol. The summed E-state index contributed by atoms with van der Waals surface area (Å²) in [6.07, 6.45) is 74.4. The molecule has 0 fully saturated rings. The Morgan fingerprint density at radius 3 is 0.985 bits per heavy atom. The van der Waals surface area contributed by atoms with Gasteiger partial charge in [-0.3, -0.25) is 14.4 Å². The molecule has 0 saturated carbocycles. The Labute approximate surface area is 405 Å². The van der Waals surface area contributed by atoms with E-state index >= 15 is 0 Å². The molecule has 0 aliphatic heterocycles. The van der Waals surface area contributed by atoms with Crippen LogP contribution in [0.2, 0.25) is 0 Å². The molecule has 6 nitrogen and oxygen atoms in total. The van der Waals surface area contributed by atoms with Gasteiger partial charge in [0.2, 0.25) is 0 Å². The fourth-order valence-corrected chi connectivity index (χ4v) is 6.71. The van der Waals surface area contributed by atoms with Crippen molar-refractivity contribution in [2.24, 2.45) is 0 Å².